The number of nitrogens with two attached hydrogens (primary N) is 1. The summed E-state index contributed by atoms with van der Waals surface area (Å²) in [7, 11) is 0. The smallest absolute Gasteiger partial charge is 0.381 e. The van der Waals surface area contributed by atoms with Gasteiger partial charge in [0.05, 0.1) is 6.54 Å². The normalized spacial score (nSPS) is 12.9. The second-order valence-electron chi connectivity index (χ2n) is 4.77. The van der Waals surface area contributed by atoms with E-state index in [9.17, 15) is 18.0 Å². The molecular formula is C15H17F3N4O. The Morgan fingerprint density at radius 3 is 2.43 bits per heavy atom. The van der Waals surface area contributed by atoms with E-state index in [4.69, 9.17) is 11.1 Å². The van der Waals surface area contributed by atoms with Crippen molar-refractivity contribution in [1.82, 2.24) is 0 Å². The number of hydrogen-bond acceptors (Lipinski definition) is 4. The standard InChI is InChI=1S/C15H17F3N4O/c1-10(19)2-3-12(8-21-14(20)9-23)11-4-6-13(7-5-11)22-15(16,17)18/h3-7,9,19,22H,2,8H2,1H3,(H2,20,21)/b12-3+,19-10?. The van der Waals surface area contributed by atoms with Gasteiger partial charge in [-0.15, -0.1) is 0 Å². The van der Waals surface area contributed by atoms with Crippen LogP contribution in [-0.2, 0) is 4.79 Å². The summed E-state index contributed by atoms with van der Waals surface area (Å²) in [5, 5.41) is 8.85. The van der Waals surface area contributed by atoms with Crippen molar-refractivity contribution in [2.75, 3.05) is 11.9 Å². The maximum absolute atomic E-state index is 12.2. The van der Waals surface area contributed by atoms with Crippen LogP contribution in [0.25, 0.3) is 5.57 Å². The lowest BCUT2D eigenvalue weighted by Crippen LogP contribution is -2.20. The molecule has 0 aliphatic rings. The molecule has 0 amide bonds. The van der Waals surface area contributed by atoms with Gasteiger partial charge in [0.1, 0.15) is 0 Å². The fraction of sp³-hybridized carbons (Fsp3) is 0.267. The number of hydrogen-bond donors (Lipinski definition) is 3. The van der Waals surface area contributed by atoms with Gasteiger partial charge in [-0.25, -0.2) is 0 Å². The van der Waals surface area contributed by atoms with E-state index in [1.807, 2.05) is 0 Å². The van der Waals surface area contributed by atoms with E-state index in [2.05, 4.69) is 4.99 Å². The Hall–Kier alpha value is -2.64. The first kappa shape index (κ1) is 18.4. The average Bonchev–Trinajstić information content (AvgIpc) is 2.46. The summed E-state index contributed by atoms with van der Waals surface area (Å²) >= 11 is 0. The number of amidine groups is 1. The summed E-state index contributed by atoms with van der Waals surface area (Å²) in [5.74, 6) is -0.169. The van der Waals surface area contributed by atoms with Crippen molar-refractivity contribution in [3.05, 3.63) is 35.9 Å². The molecule has 0 aliphatic heterocycles. The van der Waals surface area contributed by atoms with E-state index in [1.165, 1.54) is 29.6 Å². The number of carbonyl (C=O) groups excluding carboxylic acids is 1. The zero-order valence-electron chi connectivity index (χ0n) is 12.4. The highest BCUT2D eigenvalue weighted by Crippen LogP contribution is 2.23. The van der Waals surface area contributed by atoms with Crippen molar-refractivity contribution in [3.63, 3.8) is 0 Å². The van der Waals surface area contributed by atoms with E-state index in [0.29, 0.717) is 29.6 Å². The number of allylic oxidation sites excluding steroid dienone is 1. The van der Waals surface area contributed by atoms with Crippen molar-refractivity contribution < 1.29 is 18.0 Å². The molecule has 1 rings (SSSR count). The van der Waals surface area contributed by atoms with Crippen LogP contribution in [0.15, 0.2) is 35.3 Å². The van der Waals surface area contributed by atoms with Crippen LogP contribution < -0.4 is 11.1 Å². The van der Waals surface area contributed by atoms with Gasteiger partial charge in [0, 0.05) is 17.8 Å². The van der Waals surface area contributed by atoms with E-state index in [1.54, 1.807) is 13.0 Å². The number of nitrogens with zero attached hydrogens (tertiary/aromatic N) is 1. The Morgan fingerprint density at radius 2 is 1.96 bits per heavy atom. The fourth-order valence-electron chi connectivity index (χ4n) is 1.70. The van der Waals surface area contributed by atoms with Crippen molar-refractivity contribution >= 4 is 29.1 Å². The van der Waals surface area contributed by atoms with Gasteiger partial charge in [0.2, 0.25) is 0 Å². The largest absolute Gasteiger partial charge is 0.482 e. The highest BCUT2D eigenvalue weighted by atomic mass is 19.4. The number of benzene rings is 1. The minimum Gasteiger partial charge on any atom is -0.381 e. The van der Waals surface area contributed by atoms with Crippen LogP contribution in [0.4, 0.5) is 18.9 Å². The molecule has 0 saturated carbocycles. The lowest BCUT2D eigenvalue weighted by Gasteiger charge is -2.11. The fourth-order valence-corrected chi connectivity index (χ4v) is 1.70. The Bertz CT molecular complexity index is 619. The number of aliphatic imine (C=N–C) groups is 1. The number of anilines is 1. The molecule has 0 heterocycles. The van der Waals surface area contributed by atoms with Gasteiger partial charge in [-0.3, -0.25) is 15.1 Å². The predicted molar refractivity (Wildman–Crippen MR) is 84.7 cm³/mol. The second-order valence-corrected chi connectivity index (χ2v) is 4.77. The first-order valence-electron chi connectivity index (χ1n) is 6.65. The maximum Gasteiger partial charge on any atom is 0.482 e. The number of carbonyl (C=O) groups is 1. The molecule has 1 aromatic rings. The van der Waals surface area contributed by atoms with Crippen LogP contribution in [0, 0.1) is 5.41 Å². The number of halogens is 3. The quantitative estimate of drug-likeness (QED) is 0.311. The number of aldehydes is 1. The molecule has 1 aromatic carbocycles. The van der Waals surface area contributed by atoms with Gasteiger partial charge in [0.15, 0.2) is 12.1 Å². The zero-order chi connectivity index (χ0) is 17.5. The molecule has 0 atom stereocenters. The Labute approximate surface area is 131 Å². The van der Waals surface area contributed by atoms with Crippen molar-refractivity contribution in [1.29, 1.82) is 5.41 Å². The molecule has 0 saturated heterocycles. The zero-order valence-corrected chi connectivity index (χ0v) is 12.4. The van der Waals surface area contributed by atoms with Crippen LogP contribution in [0.2, 0.25) is 0 Å². The Morgan fingerprint density at radius 1 is 1.35 bits per heavy atom. The van der Waals surface area contributed by atoms with Crippen LogP contribution >= 0.6 is 0 Å². The molecule has 124 valence electrons. The molecule has 0 aliphatic carbocycles. The summed E-state index contributed by atoms with van der Waals surface area (Å²) in [6.45, 7) is 1.73. The van der Waals surface area contributed by atoms with Gasteiger partial charge in [-0.05, 0) is 30.2 Å². The molecule has 0 bridgehead atoms. The molecule has 5 nitrogen and oxygen atoms in total. The monoisotopic (exact) mass is 326 g/mol. The van der Waals surface area contributed by atoms with Crippen molar-refractivity contribution in [3.8, 4) is 0 Å². The number of alkyl halides is 3. The molecule has 8 heteroatoms. The molecule has 4 N–H and O–H groups in total. The third-order valence-corrected chi connectivity index (χ3v) is 2.75. The summed E-state index contributed by atoms with van der Waals surface area (Å²) < 4.78 is 36.7. The van der Waals surface area contributed by atoms with E-state index in [0.717, 1.165) is 0 Å². The minimum atomic E-state index is -4.50. The second kappa shape index (κ2) is 8.11. The highest BCUT2D eigenvalue weighted by Gasteiger charge is 2.26. The van der Waals surface area contributed by atoms with E-state index in [-0.39, 0.29) is 18.1 Å². The third kappa shape index (κ3) is 7.25. The molecule has 0 aromatic heterocycles. The Kier molecular flexibility index (Phi) is 6.49. The minimum absolute atomic E-state index is 0.0836. The van der Waals surface area contributed by atoms with Crippen molar-refractivity contribution in [2.45, 2.75) is 19.6 Å². The predicted octanol–water partition coefficient (Wildman–Crippen LogP) is 2.99. The number of nitrogens with one attached hydrogen (secondary N) is 2. The van der Waals surface area contributed by atoms with Gasteiger partial charge >= 0.3 is 6.30 Å². The molecule has 0 fully saturated rings. The summed E-state index contributed by atoms with van der Waals surface area (Å²) in [6, 6.07) is 5.60. The van der Waals surface area contributed by atoms with E-state index < -0.39 is 6.30 Å². The lowest BCUT2D eigenvalue weighted by molar-refractivity contribution is -0.103. The molecule has 23 heavy (non-hydrogen) atoms. The summed E-state index contributed by atoms with van der Waals surface area (Å²) in [6.07, 6.45) is -1.99. The van der Waals surface area contributed by atoms with Gasteiger partial charge in [0.25, 0.3) is 0 Å². The summed E-state index contributed by atoms with van der Waals surface area (Å²) in [4.78, 5) is 14.3. The van der Waals surface area contributed by atoms with Crippen LogP contribution in [0.1, 0.15) is 18.9 Å². The maximum atomic E-state index is 12.2. The van der Waals surface area contributed by atoms with Crippen LogP contribution in [-0.4, -0.2) is 30.7 Å². The lowest BCUT2D eigenvalue weighted by atomic mass is 10.0. The Balaban J connectivity index is 2.99. The molecule has 0 radical (unpaired) electrons. The van der Waals surface area contributed by atoms with Gasteiger partial charge in [-0.1, -0.05) is 18.2 Å². The first-order chi connectivity index (χ1) is 10.7. The highest BCUT2D eigenvalue weighted by molar-refractivity contribution is 6.26. The van der Waals surface area contributed by atoms with Crippen molar-refractivity contribution in [2.24, 2.45) is 10.7 Å². The molecule has 0 spiro atoms. The van der Waals surface area contributed by atoms with Gasteiger partial charge < -0.3 is 11.1 Å². The first-order valence-corrected chi connectivity index (χ1v) is 6.65. The number of rotatable bonds is 7. The molecule has 0 unspecified atom stereocenters. The van der Waals surface area contributed by atoms with E-state index >= 15 is 0 Å². The summed E-state index contributed by atoms with van der Waals surface area (Å²) in [5.41, 5.74) is 6.97. The topological polar surface area (TPSA) is 91.3 Å². The third-order valence-electron chi connectivity index (χ3n) is 2.75. The SMILES string of the molecule is CC(=N)C/C=C(\CN=C(N)C=O)c1ccc(NC(F)(F)F)cc1. The average molecular weight is 326 g/mol. The molecular weight excluding hydrogens is 309 g/mol. The van der Waals surface area contributed by atoms with Crippen LogP contribution in [0.5, 0.6) is 0 Å². The van der Waals surface area contributed by atoms with Crippen LogP contribution in [0.3, 0.4) is 0 Å². The van der Waals surface area contributed by atoms with Gasteiger partial charge in [-0.2, -0.15) is 13.2 Å².